The lowest BCUT2D eigenvalue weighted by molar-refractivity contribution is -0.671. The topological polar surface area (TPSA) is 25.9 Å². The van der Waals surface area contributed by atoms with Crippen molar-refractivity contribution in [2.75, 3.05) is 0 Å². The van der Waals surface area contributed by atoms with Crippen LogP contribution >= 0.6 is 12.6 Å². The van der Waals surface area contributed by atoms with Gasteiger partial charge >= 0.3 is 0 Å². The first kappa shape index (κ1) is 14.7. The van der Waals surface area contributed by atoms with E-state index in [9.17, 15) is 4.79 Å². The summed E-state index contributed by atoms with van der Waals surface area (Å²) in [7, 11) is 1.99. The maximum Gasteiger partial charge on any atom is 0.243 e. The fourth-order valence-corrected chi connectivity index (χ4v) is 1.49. The molecule has 5 heteroatoms. The van der Waals surface area contributed by atoms with Crippen LogP contribution in [0.15, 0.2) is 18.7 Å². The number of imidazole rings is 1. The highest BCUT2D eigenvalue weighted by Gasteiger charge is 2.08. The number of rotatable bonds is 5. The van der Waals surface area contributed by atoms with Gasteiger partial charge in [-0.1, -0.05) is 0 Å². The Balaban J connectivity index is 0.00000196. The lowest BCUT2D eigenvalue weighted by Gasteiger charge is -2.04. The number of ketones is 1. The standard InChI is InChI=1S/C10H16N2OS.BrH/c1-9(13)10(14)4-3-5-12-7-6-11(2)8-12;/h6-8,10H,3-5H2,1-2H3;1H. The fourth-order valence-electron chi connectivity index (χ4n) is 1.30. The van der Waals surface area contributed by atoms with Crippen molar-refractivity contribution in [3.05, 3.63) is 18.7 Å². The highest BCUT2D eigenvalue weighted by atomic mass is 79.9. The highest BCUT2D eigenvalue weighted by molar-refractivity contribution is 7.81. The van der Waals surface area contributed by atoms with Crippen molar-refractivity contribution in [1.29, 1.82) is 0 Å². The van der Waals surface area contributed by atoms with E-state index in [2.05, 4.69) is 17.2 Å². The lowest BCUT2D eigenvalue weighted by atomic mass is 10.2. The van der Waals surface area contributed by atoms with E-state index in [0.29, 0.717) is 0 Å². The van der Waals surface area contributed by atoms with E-state index < -0.39 is 0 Å². The summed E-state index contributed by atoms with van der Waals surface area (Å²) < 4.78 is 4.11. The summed E-state index contributed by atoms with van der Waals surface area (Å²) in [6, 6.07) is 0. The molecule has 0 bridgehead atoms. The Hall–Kier alpha value is -0.290. The molecule has 0 aliphatic carbocycles. The van der Waals surface area contributed by atoms with Crippen LogP contribution in [0.5, 0.6) is 0 Å². The molecule has 0 aliphatic rings. The first-order chi connectivity index (χ1) is 6.59. The van der Waals surface area contributed by atoms with Crippen molar-refractivity contribution < 1.29 is 26.3 Å². The normalized spacial score (nSPS) is 11.9. The molecule has 1 heterocycles. The van der Waals surface area contributed by atoms with Crippen molar-refractivity contribution in [3.63, 3.8) is 0 Å². The summed E-state index contributed by atoms with van der Waals surface area (Å²) in [5.74, 6) is 0.159. The van der Waals surface area contributed by atoms with E-state index in [0.717, 1.165) is 19.4 Å². The van der Waals surface area contributed by atoms with E-state index in [4.69, 9.17) is 0 Å². The van der Waals surface area contributed by atoms with Crippen LogP contribution in [0, 0.1) is 0 Å². The second kappa shape index (κ2) is 7.06. The second-order valence-electron chi connectivity index (χ2n) is 3.59. The van der Waals surface area contributed by atoms with Crippen LogP contribution in [-0.4, -0.2) is 15.6 Å². The predicted molar refractivity (Wildman–Crippen MR) is 58.3 cm³/mol. The van der Waals surface area contributed by atoms with Crippen LogP contribution in [0.1, 0.15) is 19.8 Å². The first-order valence-electron chi connectivity index (χ1n) is 4.79. The maximum atomic E-state index is 10.9. The second-order valence-corrected chi connectivity index (χ2v) is 4.21. The molecule has 1 unspecified atom stereocenters. The van der Waals surface area contributed by atoms with Crippen LogP contribution in [-0.2, 0) is 18.4 Å². The predicted octanol–water partition coefficient (Wildman–Crippen LogP) is -2.02. The summed E-state index contributed by atoms with van der Waals surface area (Å²) >= 11 is 4.21. The van der Waals surface area contributed by atoms with Gasteiger partial charge in [-0.05, 0) is 19.8 Å². The molecule has 0 N–H and O–H groups in total. The largest absolute Gasteiger partial charge is 1.00 e. The molecule has 1 aromatic heterocycles. The average Bonchev–Trinajstić information content (AvgIpc) is 2.51. The fraction of sp³-hybridized carbons (Fsp3) is 0.600. The van der Waals surface area contributed by atoms with Crippen molar-refractivity contribution >= 4 is 18.4 Å². The molecule has 0 spiro atoms. The quantitative estimate of drug-likeness (QED) is 0.492. The highest BCUT2D eigenvalue weighted by Crippen LogP contribution is 2.06. The average molecular weight is 293 g/mol. The van der Waals surface area contributed by atoms with Crippen LogP contribution in [0.4, 0.5) is 0 Å². The zero-order valence-electron chi connectivity index (χ0n) is 9.06. The molecule has 1 atom stereocenters. The van der Waals surface area contributed by atoms with E-state index in [1.807, 2.05) is 30.3 Å². The third-order valence-electron chi connectivity index (χ3n) is 2.19. The molecule has 0 aromatic carbocycles. The van der Waals surface area contributed by atoms with Gasteiger partial charge in [0.2, 0.25) is 6.33 Å². The summed E-state index contributed by atoms with van der Waals surface area (Å²) in [6.45, 7) is 2.54. The van der Waals surface area contributed by atoms with Gasteiger partial charge in [0.1, 0.15) is 18.2 Å². The number of carbonyl (C=O) groups excluding carboxylic acids is 1. The summed E-state index contributed by atoms with van der Waals surface area (Å²) in [5, 5.41) is -0.0979. The van der Waals surface area contributed by atoms with Crippen molar-refractivity contribution in [1.82, 2.24) is 4.57 Å². The minimum atomic E-state index is -0.0979. The van der Waals surface area contributed by atoms with Gasteiger partial charge in [-0.3, -0.25) is 4.79 Å². The van der Waals surface area contributed by atoms with Gasteiger partial charge in [0.15, 0.2) is 0 Å². The minimum absolute atomic E-state index is 0. The van der Waals surface area contributed by atoms with Gasteiger partial charge in [0.25, 0.3) is 0 Å². The zero-order valence-corrected chi connectivity index (χ0v) is 11.5. The van der Waals surface area contributed by atoms with Crippen molar-refractivity contribution in [2.24, 2.45) is 7.05 Å². The van der Waals surface area contributed by atoms with Gasteiger partial charge in [-0.25, -0.2) is 9.13 Å². The van der Waals surface area contributed by atoms with Crippen LogP contribution in [0.2, 0.25) is 0 Å². The SMILES string of the molecule is CC(=O)C(S)CCCn1cc[n+](C)c1.[Br-]. The van der Waals surface area contributed by atoms with Gasteiger partial charge in [-0.15, -0.1) is 0 Å². The maximum absolute atomic E-state index is 10.9. The number of Topliss-reactive ketones (excluding diaryl/α,β-unsaturated/α-hetero) is 1. The summed E-state index contributed by atoms with van der Waals surface area (Å²) in [5.41, 5.74) is 0. The number of hydrogen-bond donors (Lipinski definition) is 1. The van der Waals surface area contributed by atoms with E-state index >= 15 is 0 Å². The van der Waals surface area contributed by atoms with Crippen LogP contribution in [0.25, 0.3) is 0 Å². The third-order valence-corrected chi connectivity index (χ3v) is 2.81. The Morgan fingerprint density at radius 3 is 2.73 bits per heavy atom. The zero-order chi connectivity index (χ0) is 10.6. The molecule has 0 fully saturated rings. The Morgan fingerprint density at radius 1 is 1.60 bits per heavy atom. The molecule has 0 radical (unpaired) electrons. The van der Waals surface area contributed by atoms with E-state index in [-0.39, 0.29) is 28.0 Å². The summed E-state index contributed by atoms with van der Waals surface area (Å²) in [4.78, 5) is 10.9. The minimum Gasteiger partial charge on any atom is -1.00 e. The number of aryl methyl sites for hydroxylation is 2. The molecule has 1 aromatic rings. The van der Waals surface area contributed by atoms with Gasteiger partial charge in [0.05, 0.1) is 18.8 Å². The molecule has 0 aliphatic heterocycles. The molecular formula is C10H17BrN2OS. The number of thiol groups is 1. The molecule has 3 nitrogen and oxygen atoms in total. The molecule has 0 amide bonds. The van der Waals surface area contributed by atoms with Crippen molar-refractivity contribution in [2.45, 2.75) is 31.6 Å². The monoisotopic (exact) mass is 292 g/mol. The number of hydrogen-bond acceptors (Lipinski definition) is 2. The molecule has 0 saturated heterocycles. The molecule has 0 saturated carbocycles. The number of carbonyl (C=O) groups is 1. The van der Waals surface area contributed by atoms with Gasteiger partial charge in [0, 0.05) is 0 Å². The van der Waals surface area contributed by atoms with Crippen molar-refractivity contribution in [3.8, 4) is 0 Å². The van der Waals surface area contributed by atoms with E-state index in [1.54, 1.807) is 6.92 Å². The third kappa shape index (κ3) is 5.37. The summed E-state index contributed by atoms with van der Waals surface area (Å²) in [6.07, 6.45) is 7.90. The van der Waals surface area contributed by atoms with Gasteiger partial charge in [-0.2, -0.15) is 12.6 Å². The van der Waals surface area contributed by atoms with Crippen LogP contribution in [0.3, 0.4) is 0 Å². The molecule has 15 heavy (non-hydrogen) atoms. The van der Waals surface area contributed by atoms with Gasteiger partial charge < -0.3 is 17.0 Å². The molecule has 1 rings (SSSR count). The number of aromatic nitrogens is 2. The Morgan fingerprint density at radius 2 is 2.27 bits per heavy atom. The molecule has 86 valence electrons. The smallest absolute Gasteiger partial charge is 0.243 e. The lowest BCUT2D eigenvalue weighted by Crippen LogP contribution is -3.00. The molecular weight excluding hydrogens is 276 g/mol. The number of nitrogens with zero attached hydrogens (tertiary/aromatic N) is 2. The first-order valence-corrected chi connectivity index (χ1v) is 5.31. The van der Waals surface area contributed by atoms with E-state index in [1.165, 1.54) is 0 Å². The Labute approximate surface area is 107 Å². The Bertz CT molecular complexity index is 314. The van der Waals surface area contributed by atoms with Crippen LogP contribution < -0.4 is 21.5 Å². The Kier molecular flexibility index (Phi) is 6.92. The number of halogens is 1.